The molecular weight excluding hydrogens is 334 g/mol. The summed E-state index contributed by atoms with van der Waals surface area (Å²) in [4.78, 5) is 13.5. The molecule has 2 aromatic carbocycles. The van der Waals surface area contributed by atoms with E-state index in [1.807, 2.05) is 69.3 Å². The summed E-state index contributed by atoms with van der Waals surface area (Å²) in [5, 5.41) is 2.88. The summed E-state index contributed by atoms with van der Waals surface area (Å²) < 4.78 is 10.6. The summed E-state index contributed by atoms with van der Waals surface area (Å²) >= 11 is 1.53. The molecule has 0 spiro atoms. The molecule has 0 aromatic heterocycles. The molecule has 0 fully saturated rings. The summed E-state index contributed by atoms with van der Waals surface area (Å²) in [6.07, 6.45) is 0. The molecule has 2 rings (SSSR count). The van der Waals surface area contributed by atoms with E-state index in [4.69, 9.17) is 9.47 Å². The van der Waals surface area contributed by atoms with Gasteiger partial charge in [0.15, 0.2) is 0 Å². The largest absolute Gasteiger partial charge is 0.497 e. The third-order valence-corrected chi connectivity index (χ3v) is 4.90. The quantitative estimate of drug-likeness (QED) is 0.707. The van der Waals surface area contributed by atoms with Crippen LogP contribution in [0.3, 0.4) is 0 Å². The summed E-state index contributed by atoms with van der Waals surface area (Å²) in [6, 6.07) is 15.5. The molecule has 2 aromatic rings. The van der Waals surface area contributed by atoms with Gasteiger partial charge in [-0.3, -0.25) is 4.79 Å². The summed E-state index contributed by atoms with van der Waals surface area (Å²) in [6.45, 7) is 6.50. The topological polar surface area (TPSA) is 47.6 Å². The van der Waals surface area contributed by atoms with E-state index in [2.05, 4.69) is 5.32 Å². The van der Waals surface area contributed by atoms with Gasteiger partial charge in [0.25, 0.3) is 0 Å². The Kier molecular flexibility index (Phi) is 7.19. The highest BCUT2D eigenvalue weighted by Crippen LogP contribution is 2.26. The number of carbonyl (C=O) groups is 1. The van der Waals surface area contributed by atoms with Gasteiger partial charge in [-0.05, 0) is 62.7 Å². The van der Waals surface area contributed by atoms with Gasteiger partial charge in [-0.25, -0.2) is 0 Å². The van der Waals surface area contributed by atoms with Crippen LogP contribution in [0.15, 0.2) is 53.4 Å². The summed E-state index contributed by atoms with van der Waals surface area (Å²) in [7, 11) is 1.64. The van der Waals surface area contributed by atoms with Gasteiger partial charge < -0.3 is 14.8 Å². The Morgan fingerprint density at radius 1 is 1.04 bits per heavy atom. The highest BCUT2D eigenvalue weighted by molar-refractivity contribution is 8.00. The third kappa shape index (κ3) is 5.71. The molecule has 0 saturated carbocycles. The van der Waals surface area contributed by atoms with Crippen molar-refractivity contribution < 1.29 is 14.3 Å². The first-order valence-electron chi connectivity index (χ1n) is 8.37. The minimum atomic E-state index is -0.182. The average Bonchev–Trinajstić information content (AvgIpc) is 2.63. The molecule has 2 atom stereocenters. The van der Waals surface area contributed by atoms with Crippen molar-refractivity contribution in [2.45, 2.75) is 37.0 Å². The molecule has 0 saturated heterocycles. The Balaban J connectivity index is 1.90. The number of benzene rings is 2. The van der Waals surface area contributed by atoms with E-state index in [0.717, 1.165) is 22.0 Å². The number of ether oxygens (including phenoxy) is 2. The number of carbonyl (C=O) groups excluding carboxylic acids is 1. The van der Waals surface area contributed by atoms with Crippen LogP contribution in [0.4, 0.5) is 0 Å². The average molecular weight is 359 g/mol. The lowest BCUT2D eigenvalue weighted by Gasteiger charge is -2.18. The smallest absolute Gasteiger partial charge is 0.233 e. The first-order chi connectivity index (χ1) is 12.0. The molecule has 0 bridgehead atoms. The van der Waals surface area contributed by atoms with Crippen molar-refractivity contribution in [3.63, 3.8) is 0 Å². The van der Waals surface area contributed by atoms with Crippen molar-refractivity contribution in [3.8, 4) is 11.5 Å². The van der Waals surface area contributed by atoms with Gasteiger partial charge in [-0.2, -0.15) is 0 Å². The second-order valence-electron chi connectivity index (χ2n) is 5.67. The van der Waals surface area contributed by atoms with Crippen LogP contribution in [0.2, 0.25) is 0 Å². The van der Waals surface area contributed by atoms with Crippen molar-refractivity contribution in [3.05, 3.63) is 54.1 Å². The van der Waals surface area contributed by atoms with Crippen LogP contribution in [0, 0.1) is 0 Å². The van der Waals surface area contributed by atoms with E-state index < -0.39 is 0 Å². The van der Waals surface area contributed by atoms with E-state index in [9.17, 15) is 4.79 Å². The van der Waals surface area contributed by atoms with E-state index in [1.165, 1.54) is 11.8 Å². The molecule has 0 radical (unpaired) electrons. The van der Waals surface area contributed by atoms with Gasteiger partial charge in [0.05, 0.1) is 25.0 Å². The second-order valence-corrected chi connectivity index (χ2v) is 7.08. The Morgan fingerprint density at radius 3 is 2.20 bits per heavy atom. The molecule has 0 aliphatic heterocycles. The summed E-state index contributed by atoms with van der Waals surface area (Å²) in [5.74, 6) is 1.67. The van der Waals surface area contributed by atoms with Gasteiger partial charge in [0.1, 0.15) is 11.5 Å². The molecule has 4 nitrogen and oxygen atoms in total. The number of thioether (sulfide) groups is 1. The van der Waals surface area contributed by atoms with E-state index in [-0.39, 0.29) is 17.2 Å². The highest BCUT2D eigenvalue weighted by Gasteiger charge is 2.17. The first kappa shape index (κ1) is 19.2. The molecule has 5 heteroatoms. The monoisotopic (exact) mass is 359 g/mol. The molecule has 0 aliphatic rings. The maximum atomic E-state index is 12.4. The molecule has 0 unspecified atom stereocenters. The van der Waals surface area contributed by atoms with Crippen molar-refractivity contribution in [1.82, 2.24) is 5.32 Å². The number of methoxy groups -OCH3 is 1. The fourth-order valence-electron chi connectivity index (χ4n) is 2.35. The third-order valence-electron chi connectivity index (χ3n) is 3.79. The number of amides is 1. The predicted molar refractivity (Wildman–Crippen MR) is 102 cm³/mol. The van der Waals surface area contributed by atoms with Crippen molar-refractivity contribution in [2.75, 3.05) is 13.7 Å². The van der Waals surface area contributed by atoms with Crippen molar-refractivity contribution in [2.24, 2.45) is 0 Å². The zero-order valence-electron chi connectivity index (χ0n) is 15.1. The number of hydrogen-bond donors (Lipinski definition) is 1. The van der Waals surface area contributed by atoms with Crippen molar-refractivity contribution in [1.29, 1.82) is 0 Å². The van der Waals surface area contributed by atoms with Crippen LogP contribution in [0.1, 0.15) is 32.4 Å². The minimum Gasteiger partial charge on any atom is -0.497 e. The molecule has 0 aliphatic carbocycles. The molecule has 25 heavy (non-hydrogen) atoms. The number of rotatable bonds is 8. The number of hydrogen-bond acceptors (Lipinski definition) is 4. The Labute approximate surface area is 153 Å². The van der Waals surface area contributed by atoms with Crippen LogP contribution in [-0.2, 0) is 4.79 Å². The van der Waals surface area contributed by atoms with Gasteiger partial charge >= 0.3 is 0 Å². The van der Waals surface area contributed by atoms with Crippen molar-refractivity contribution >= 4 is 17.7 Å². The summed E-state index contributed by atoms with van der Waals surface area (Å²) in [5.41, 5.74) is 1.05. The van der Waals surface area contributed by atoms with Gasteiger partial charge in [0.2, 0.25) is 5.91 Å². The maximum absolute atomic E-state index is 12.4. The molecular formula is C20H25NO3S. The van der Waals surface area contributed by atoms with Crippen LogP contribution in [0.25, 0.3) is 0 Å². The molecule has 134 valence electrons. The second kappa shape index (κ2) is 9.37. The normalized spacial score (nSPS) is 13.0. The zero-order valence-corrected chi connectivity index (χ0v) is 15.9. The minimum absolute atomic E-state index is 0.0159. The van der Waals surface area contributed by atoms with Crippen LogP contribution >= 0.6 is 11.8 Å². The molecule has 1 N–H and O–H groups in total. The lowest BCUT2D eigenvalue weighted by molar-refractivity contribution is -0.120. The fourth-order valence-corrected chi connectivity index (χ4v) is 3.22. The molecule has 1 amide bonds. The van der Waals surface area contributed by atoms with Gasteiger partial charge in [-0.15, -0.1) is 11.8 Å². The van der Waals surface area contributed by atoms with Crippen LogP contribution in [-0.4, -0.2) is 24.9 Å². The lowest BCUT2D eigenvalue weighted by Crippen LogP contribution is -2.33. The van der Waals surface area contributed by atoms with Gasteiger partial charge in [-0.1, -0.05) is 12.1 Å². The molecule has 0 heterocycles. The Morgan fingerprint density at radius 2 is 1.64 bits per heavy atom. The van der Waals surface area contributed by atoms with Crippen LogP contribution in [0.5, 0.6) is 11.5 Å². The van der Waals surface area contributed by atoms with E-state index >= 15 is 0 Å². The van der Waals surface area contributed by atoms with Crippen LogP contribution < -0.4 is 14.8 Å². The zero-order chi connectivity index (χ0) is 18.2. The first-order valence-corrected chi connectivity index (χ1v) is 9.25. The highest BCUT2D eigenvalue weighted by atomic mass is 32.2. The standard InChI is InChI=1S/C20H25NO3S/c1-5-24-18-8-6-16(7-9-18)14(2)21-20(22)15(3)25-19-12-10-17(23-4)11-13-19/h6-15H,5H2,1-4H3,(H,21,22)/t14-,15-/m1/s1. The van der Waals surface area contributed by atoms with Gasteiger partial charge in [0, 0.05) is 4.90 Å². The Bertz CT molecular complexity index is 670. The fraction of sp³-hybridized carbons (Fsp3) is 0.350. The lowest BCUT2D eigenvalue weighted by atomic mass is 10.1. The maximum Gasteiger partial charge on any atom is 0.233 e. The van der Waals surface area contributed by atoms with E-state index in [1.54, 1.807) is 7.11 Å². The predicted octanol–water partition coefficient (Wildman–Crippen LogP) is 4.45. The number of nitrogens with one attached hydrogen (secondary N) is 1. The Hall–Kier alpha value is -2.14. The van der Waals surface area contributed by atoms with E-state index in [0.29, 0.717) is 6.61 Å². The SMILES string of the molecule is CCOc1ccc([C@@H](C)NC(=O)[C@@H](C)Sc2ccc(OC)cc2)cc1.